The molecular formula is C99H136N4O10S3. The lowest BCUT2D eigenvalue weighted by atomic mass is 9.41. The third-order valence-electron chi connectivity index (χ3n) is 35.1. The predicted octanol–water partition coefficient (Wildman–Crippen LogP) is 17.5. The maximum atomic E-state index is 13.3. The Morgan fingerprint density at radius 3 is 0.948 bits per heavy atom. The summed E-state index contributed by atoms with van der Waals surface area (Å²) in [6.45, 7) is 17.5. The number of carbonyl (C=O) groups excluding carboxylic acids is 4. The molecule has 2 heterocycles. The molecule has 0 atom stereocenters. The summed E-state index contributed by atoms with van der Waals surface area (Å²) in [4.78, 5) is 58.3. The van der Waals surface area contributed by atoms with E-state index in [0.29, 0.717) is 121 Å². The van der Waals surface area contributed by atoms with Crippen LogP contribution in [0.25, 0.3) is 0 Å². The van der Waals surface area contributed by atoms with Gasteiger partial charge in [-0.2, -0.15) is 0 Å². The topological polar surface area (TPSA) is 208 Å². The van der Waals surface area contributed by atoms with Crippen LogP contribution in [-0.2, 0) is 67.1 Å². The first-order chi connectivity index (χ1) is 55.0. The predicted molar refractivity (Wildman–Crippen MR) is 463 cm³/mol. The number of aliphatic hydroxyl groups is 2. The van der Waals surface area contributed by atoms with Crippen molar-refractivity contribution in [3.63, 3.8) is 0 Å². The van der Waals surface area contributed by atoms with Crippen LogP contribution in [0.1, 0.15) is 218 Å². The van der Waals surface area contributed by atoms with Crippen molar-refractivity contribution in [1.29, 1.82) is 0 Å². The van der Waals surface area contributed by atoms with Crippen LogP contribution >= 0.6 is 11.8 Å². The number of hydrogen-bond acceptors (Lipinski definition) is 11. The van der Waals surface area contributed by atoms with Crippen molar-refractivity contribution in [3.8, 4) is 0 Å². The van der Waals surface area contributed by atoms with E-state index in [0.717, 1.165) is 102 Å². The molecule has 18 aliphatic rings. The van der Waals surface area contributed by atoms with Crippen molar-refractivity contribution in [2.24, 2.45) is 124 Å². The Morgan fingerprint density at radius 1 is 0.405 bits per heavy atom. The zero-order valence-corrected chi connectivity index (χ0v) is 72.5. The zero-order chi connectivity index (χ0) is 80.8. The SMILES string of the molecule is C.CC1C2CC3CC1CC(C2)C3(CC(=O)N1CC(O)C1)c1ccc(S(C)(=O)=O)cc1.CC1C2CC3CC1CC(C2)C3(CC(=O)NCc1ccc(S(C)(=O)=O)cc1)c1ccccc1.CCC(CC)CNC(=O)CC1(c2ccccc2)C2CC3CC1CC(C2)C3C.CSc1ccc(C2(CC(=O)N3CC(O)C3)C3CC4CC2CC(C3)C4C)cc1. The molecule has 0 aromatic heterocycles. The largest absolute Gasteiger partial charge is 0.389 e. The molecule has 0 radical (unpaired) electrons. The molecule has 116 heavy (non-hydrogen) atoms. The van der Waals surface area contributed by atoms with Crippen LogP contribution in [0.3, 0.4) is 0 Å². The van der Waals surface area contributed by atoms with Gasteiger partial charge in [-0.3, -0.25) is 19.2 Å². The van der Waals surface area contributed by atoms with Crippen molar-refractivity contribution in [3.05, 3.63) is 161 Å². The molecule has 16 bridgehead atoms. The number of carbonyl (C=O) groups is 4. The third-order valence-corrected chi connectivity index (χ3v) is 38.1. The van der Waals surface area contributed by atoms with Gasteiger partial charge in [0, 0.05) is 104 Å². The molecule has 0 spiro atoms. The number of thioether (sulfide) groups is 1. The van der Waals surface area contributed by atoms with E-state index in [1.807, 2.05) is 17.0 Å². The monoisotopic (exact) mass is 1640 g/mol. The zero-order valence-electron chi connectivity index (χ0n) is 70.1. The van der Waals surface area contributed by atoms with Gasteiger partial charge < -0.3 is 30.6 Å². The van der Waals surface area contributed by atoms with E-state index in [1.165, 1.54) is 137 Å². The van der Waals surface area contributed by atoms with Crippen LogP contribution in [0.4, 0.5) is 0 Å². The van der Waals surface area contributed by atoms with Crippen molar-refractivity contribution in [2.75, 3.05) is 51.5 Å². The maximum absolute atomic E-state index is 13.3. The summed E-state index contributed by atoms with van der Waals surface area (Å²) in [5.41, 5.74) is 6.07. The van der Waals surface area contributed by atoms with Crippen LogP contribution in [0, 0.1) is 124 Å². The van der Waals surface area contributed by atoms with Crippen LogP contribution in [-0.4, -0.2) is 124 Å². The highest BCUT2D eigenvalue weighted by atomic mass is 32.2. The van der Waals surface area contributed by atoms with E-state index >= 15 is 0 Å². The molecule has 17 heteroatoms. The fraction of sp³-hybridized carbons (Fsp3) is 0.657. The molecule has 2 saturated heterocycles. The molecule has 16 saturated carbocycles. The van der Waals surface area contributed by atoms with Crippen LogP contribution in [0.2, 0.25) is 0 Å². The quantitative estimate of drug-likeness (QED) is 0.0508. The van der Waals surface area contributed by atoms with E-state index in [-0.39, 0.29) is 64.9 Å². The van der Waals surface area contributed by atoms with Crippen molar-refractivity contribution in [1.82, 2.24) is 20.4 Å². The highest BCUT2D eigenvalue weighted by Gasteiger charge is 2.65. The molecule has 4 N–H and O–H groups in total. The minimum absolute atomic E-state index is 0. The summed E-state index contributed by atoms with van der Waals surface area (Å²) in [6.07, 6.45) is 28.8. The van der Waals surface area contributed by atoms with Gasteiger partial charge in [-0.15, -0.1) is 11.8 Å². The number of β-amino-alcohol motifs (C(OH)–C–C–N with tert-alkyl or cyclic N) is 2. The summed E-state index contributed by atoms with van der Waals surface area (Å²) in [5, 5.41) is 25.7. The Hall–Kier alpha value is -5.85. The molecule has 4 amide bonds. The van der Waals surface area contributed by atoms with Gasteiger partial charge in [0.25, 0.3) is 0 Å². The molecule has 16 aliphatic carbocycles. The Bertz CT molecular complexity index is 4400. The maximum Gasteiger partial charge on any atom is 0.223 e. The van der Waals surface area contributed by atoms with Gasteiger partial charge in [0.05, 0.1) is 22.0 Å². The van der Waals surface area contributed by atoms with Gasteiger partial charge in [0.15, 0.2) is 19.7 Å². The van der Waals surface area contributed by atoms with Gasteiger partial charge in [-0.1, -0.05) is 159 Å². The van der Waals surface area contributed by atoms with E-state index in [9.17, 15) is 46.2 Å². The minimum Gasteiger partial charge on any atom is -0.389 e. The van der Waals surface area contributed by atoms with E-state index in [4.69, 9.17) is 0 Å². The second-order valence-electron chi connectivity index (χ2n) is 40.1. The number of nitrogens with zero attached hydrogens (tertiary/aromatic N) is 2. The molecule has 630 valence electrons. The van der Waals surface area contributed by atoms with Crippen LogP contribution in [0.15, 0.2) is 148 Å². The molecule has 2 aliphatic heterocycles. The lowest BCUT2D eigenvalue weighted by Crippen LogP contribution is -2.61. The molecule has 23 rings (SSSR count). The lowest BCUT2D eigenvalue weighted by Gasteiger charge is -2.64. The van der Waals surface area contributed by atoms with Crippen molar-refractivity contribution in [2.45, 2.75) is 245 Å². The Balaban J connectivity index is 0.000000121. The van der Waals surface area contributed by atoms with E-state index in [2.05, 4.69) is 143 Å². The number of rotatable bonds is 21. The first kappa shape index (κ1) is 85.1. The highest BCUT2D eigenvalue weighted by Crippen LogP contribution is 2.70. The fourth-order valence-electron chi connectivity index (χ4n) is 28.5. The second kappa shape index (κ2) is 33.9. The van der Waals surface area contributed by atoms with Gasteiger partial charge >= 0.3 is 0 Å². The van der Waals surface area contributed by atoms with Crippen molar-refractivity contribution < 1.29 is 46.2 Å². The number of amides is 4. The number of aliphatic hydroxyl groups excluding tert-OH is 2. The second-order valence-corrected chi connectivity index (χ2v) is 45.0. The summed E-state index contributed by atoms with van der Waals surface area (Å²) < 4.78 is 47.2. The van der Waals surface area contributed by atoms with E-state index in [1.54, 1.807) is 53.1 Å². The van der Waals surface area contributed by atoms with Gasteiger partial charge in [0.1, 0.15) is 0 Å². The number of sulfone groups is 2. The van der Waals surface area contributed by atoms with Crippen molar-refractivity contribution >= 4 is 55.1 Å². The van der Waals surface area contributed by atoms with Gasteiger partial charge in [-0.25, -0.2) is 16.8 Å². The fourth-order valence-corrected chi connectivity index (χ4v) is 30.2. The minimum atomic E-state index is -3.24. The van der Waals surface area contributed by atoms with Crippen LogP contribution in [0.5, 0.6) is 0 Å². The smallest absolute Gasteiger partial charge is 0.223 e. The van der Waals surface area contributed by atoms with Gasteiger partial charge in [-0.05, 0) is 297 Å². The summed E-state index contributed by atoms with van der Waals surface area (Å²) >= 11 is 1.78. The summed E-state index contributed by atoms with van der Waals surface area (Å²) in [6, 6.07) is 45.1. The molecule has 0 unspecified atom stereocenters. The van der Waals surface area contributed by atoms with E-state index < -0.39 is 19.7 Å². The molecule has 14 nitrogen and oxygen atoms in total. The average Bonchev–Trinajstić information content (AvgIpc) is 0.743. The van der Waals surface area contributed by atoms with Crippen LogP contribution < -0.4 is 10.6 Å². The Kier molecular flexibility index (Phi) is 24.9. The molecule has 5 aromatic carbocycles. The molecular weight excluding hydrogens is 1500 g/mol. The summed E-state index contributed by atoms with van der Waals surface area (Å²) in [5.74, 6) is 16.3. The number of benzene rings is 5. The lowest BCUT2D eigenvalue weighted by molar-refractivity contribution is -0.151. The molecule has 5 aromatic rings. The first-order valence-electron chi connectivity index (χ1n) is 44.8. The number of likely N-dealkylation sites (tertiary alicyclic amines) is 2. The number of hydrogen-bond donors (Lipinski definition) is 4. The molecule has 18 fully saturated rings. The normalized spacial score (nSPS) is 36.9. The first-order valence-corrected chi connectivity index (χ1v) is 49.9. The number of nitrogens with one attached hydrogen (secondary N) is 2. The third kappa shape index (κ3) is 15.8. The Morgan fingerprint density at radius 2 is 0.672 bits per heavy atom. The highest BCUT2D eigenvalue weighted by molar-refractivity contribution is 7.98. The average molecular weight is 1640 g/mol. The standard InChI is InChI=1S/C27H33NO3S.C25H37NO.C23H31NO4S.C23H31NO2S.CH4/c1-18-20-12-23-14-21(18)15-24(13-20)27(23,22-6-4-3-5-7-22)16-26(29)28-17-19-8-10-25(11-9-19)32(2,30)31;1-4-18(5-2)16-26-24(27)15-25(21-9-7-6-8-10-21)22-11-19-12-23(25)14-20(13-22)17(19)3;1-14-15-7-18-9-16(14)10-19(8-15)23(18,11-22(26)24-12-20(25)13-24)17-3-5-21(6-4-17)29(2,27)28;1-14-15-7-18-9-16(14)10-19(8-15)23(18,11-22(26)24-12-20(25)13-24)17-3-5-21(27-2)6-4-17;/h3-11,18,20-21,23-24H,12-17H2,1-2H3,(H,28,29);6-10,17-20,22-23H,4-5,11-16H2,1-3H3,(H,26,27);3-6,14-16,18-20,25H,7-13H2,1-2H3;3-6,14-16,18-20,25H,7-13H2,1-2H3;1H4. The van der Waals surface area contributed by atoms with Gasteiger partial charge in [0.2, 0.25) is 23.6 Å². The Labute approximate surface area is 699 Å². The summed E-state index contributed by atoms with van der Waals surface area (Å²) in [7, 11) is -6.45.